The van der Waals surface area contributed by atoms with Crippen molar-refractivity contribution in [1.82, 2.24) is 0 Å². The van der Waals surface area contributed by atoms with E-state index in [2.05, 4.69) is 43.1 Å². The van der Waals surface area contributed by atoms with Crippen LogP contribution < -0.4 is 0 Å². The van der Waals surface area contributed by atoms with Crippen LogP contribution in [-0.4, -0.2) is 6.21 Å². The van der Waals surface area contributed by atoms with E-state index in [1.54, 1.807) is 0 Å². The molecule has 0 saturated heterocycles. The first-order chi connectivity index (χ1) is 6.29. The van der Waals surface area contributed by atoms with Crippen LogP contribution in [0.4, 0.5) is 5.69 Å². The maximum absolute atomic E-state index is 4.40. The Hall–Kier alpha value is -1.11. The highest BCUT2D eigenvalue weighted by molar-refractivity contribution is 5.70. The van der Waals surface area contributed by atoms with Crippen LogP contribution in [0.5, 0.6) is 0 Å². The molecule has 1 atom stereocenters. The molecule has 1 aromatic rings. The smallest absolute Gasteiger partial charge is 0.0660 e. The van der Waals surface area contributed by atoms with Crippen LogP contribution in [-0.2, 0) is 0 Å². The fraction of sp³-hybridized carbons (Fsp3) is 0.417. The molecule has 0 N–H and O–H groups in total. The van der Waals surface area contributed by atoms with Crippen molar-refractivity contribution >= 4 is 11.9 Å². The van der Waals surface area contributed by atoms with Crippen LogP contribution >= 0.6 is 0 Å². The van der Waals surface area contributed by atoms with Gasteiger partial charge >= 0.3 is 0 Å². The lowest BCUT2D eigenvalue weighted by Crippen LogP contribution is -2.10. The van der Waals surface area contributed by atoms with E-state index in [4.69, 9.17) is 0 Å². The van der Waals surface area contributed by atoms with Crippen LogP contribution in [0.3, 0.4) is 0 Å². The highest BCUT2D eigenvalue weighted by Gasteiger charge is 2.19. The van der Waals surface area contributed by atoms with Gasteiger partial charge in [-0.2, -0.15) is 0 Å². The number of rotatable bonds is 1. The summed E-state index contributed by atoms with van der Waals surface area (Å²) < 4.78 is 0. The summed E-state index contributed by atoms with van der Waals surface area (Å²) >= 11 is 0. The highest BCUT2D eigenvalue weighted by Crippen LogP contribution is 2.36. The first-order valence-electron chi connectivity index (χ1n) is 4.90. The Balaban J connectivity index is 2.43. The van der Waals surface area contributed by atoms with Gasteiger partial charge in [-0.1, -0.05) is 32.0 Å². The molecule has 13 heavy (non-hydrogen) atoms. The lowest BCUT2D eigenvalue weighted by Gasteiger charge is -2.23. The van der Waals surface area contributed by atoms with Gasteiger partial charge in [-0.3, -0.25) is 4.99 Å². The predicted molar refractivity (Wildman–Crippen MR) is 56.8 cm³/mol. The van der Waals surface area contributed by atoms with Crippen molar-refractivity contribution in [3.63, 3.8) is 0 Å². The number of hydrogen-bond donors (Lipinski definition) is 0. The third kappa shape index (κ3) is 1.51. The summed E-state index contributed by atoms with van der Waals surface area (Å²) in [6.07, 6.45) is 3.14. The molecule has 68 valence electrons. The van der Waals surface area contributed by atoms with Crippen molar-refractivity contribution in [2.45, 2.75) is 26.2 Å². The minimum Gasteiger partial charge on any atom is -0.261 e. The normalized spacial score (nSPS) is 20.4. The quantitative estimate of drug-likeness (QED) is 0.616. The van der Waals surface area contributed by atoms with Crippen molar-refractivity contribution in [3.05, 3.63) is 29.8 Å². The molecule has 1 aliphatic heterocycles. The standard InChI is InChI=1S/C12H15N/c1-9(2)10-7-8-13-12-6-4-3-5-11(10)12/h3-6,8-10H,7H2,1-2H3/t10-/m0/s1. The first kappa shape index (κ1) is 8.49. The Morgan fingerprint density at radius 3 is 2.85 bits per heavy atom. The summed E-state index contributed by atoms with van der Waals surface area (Å²) in [6, 6.07) is 8.46. The lowest BCUT2D eigenvalue weighted by molar-refractivity contribution is 0.511. The van der Waals surface area contributed by atoms with E-state index in [1.807, 2.05) is 6.21 Å². The summed E-state index contributed by atoms with van der Waals surface area (Å²) in [4.78, 5) is 4.40. The molecular formula is C12H15N. The second-order valence-electron chi connectivity index (χ2n) is 3.96. The number of benzene rings is 1. The van der Waals surface area contributed by atoms with Crippen molar-refractivity contribution in [3.8, 4) is 0 Å². The molecule has 0 spiro atoms. The van der Waals surface area contributed by atoms with Crippen molar-refractivity contribution in [1.29, 1.82) is 0 Å². The van der Waals surface area contributed by atoms with E-state index in [1.165, 1.54) is 5.56 Å². The molecule has 1 nitrogen and oxygen atoms in total. The van der Waals surface area contributed by atoms with E-state index in [-0.39, 0.29) is 0 Å². The van der Waals surface area contributed by atoms with E-state index in [0.717, 1.165) is 12.1 Å². The van der Waals surface area contributed by atoms with Gasteiger partial charge in [0.15, 0.2) is 0 Å². The van der Waals surface area contributed by atoms with Crippen LogP contribution in [0.1, 0.15) is 31.7 Å². The van der Waals surface area contributed by atoms with Gasteiger partial charge in [0.2, 0.25) is 0 Å². The monoisotopic (exact) mass is 173 g/mol. The topological polar surface area (TPSA) is 12.4 Å². The van der Waals surface area contributed by atoms with Gasteiger partial charge in [-0.15, -0.1) is 0 Å². The maximum atomic E-state index is 4.40. The van der Waals surface area contributed by atoms with Crippen LogP contribution in [0, 0.1) is 5.92 Å². The average Bonchev–Trinajstić information content (AvgIpc) is 2.17. The lowest BCUT2D eigenvalue weighted by atomic mass is 9.84. The fourth-order valence-electron chi connectivity index (χ4n) is 1.94. The molecule has 0 radical (unpaired) electrons. The van der Waals surface area contributed by atoms with Gasteiger partial charge in [0, 0.05) is 6.21 Å². The molecule has 1 aromatic carbocycles. The summed E-state index contributed by atoms with van der Waals surface area (Å²) in [5, 5.41) is 0. The van der Waals surface area contributed by atoms with Crippen LogP contribution in [0.25, 0.3) is 0 Å². The SMILES string of the molecule is CC(C)[C@@H]1CC=Nc2ccccc21. The van der Waals surface area contributed by atoms with Crippen molar-refractivity contribution < 1.29 is 0 Å². The Kier molecular flexibility index (Phi) is 2.17. The largest absolute Gasteiger partial charge is 0.261 e. The zero-order chi connectivity index (χ0) is 9.26. The molecule has 0 saturated carbocycles. The zero-order valence-electron chi connectivity index (χ0n) is 8.20. The van der Waals surface area contributed by atoms with E-state index < -0.39 is 0 Å². The Labute approximate surface area is 79.5 Å². The second-order valence-corrected chi connectivity index (χ2v) is 3.96. The van der Waals surface area contributed by atoms with E-state index in [9.17, 15) is 0 Å². The van der Waals surface area contributed by atoms with Gasteiger partial charge in [0.25, 0.3) is 0 Å². The third-order valence-corrected chi connectivity index (χ3v) is 2.73. The van der Waals surface area contributed by atoms with Gasteiger partial charge in [-0.25, -0.2) is 0 Å². The Bertz CT molecular complexity index is 326. The van der Waals surface area contributed by atoms with Crippen molar-refractivity contribution in [2.24, 2.45) is 10.9 Å². The maximum Gasteiger partial charge on any atom is 0.0660 e. The first-order valence-corrected chi connectivity index (χ1v) is 4.90. The van der Waals surface area contributed by atoms with Crippen LogP contribution in [0.2, 0.25) is 0 Å². The Morgan fingerprint density at radius 2 is 2.08 bits per heavy atom. The summed E-state index contributed by atoms with van der Waals surface area (Å²) in [5.74, 6) is 1.36. The number of aliphatic imine (C=N–C) groups is 1. The highest BCUT2D eigenvalue weighted by atomic mass is 14.7. The molecular weight excluding hydrogens is 158 g/mol. The number of hydrogen-bond acceptors (Lipinski definition) is 1. The summed E-state index contributed by atoms with van der Waals surface area (Å²) in [7, 11) is 0. The fourth-order valence-corrected chi connectivity index (χ4v) is 1.94. The molecule has 0 aromatic heterocycles. The number of para-hydroxylation sites is 1. The molecule has 0 fully saturated rings. The number of fused-ring (bicyclic) bond motifs is 1. The second kappa shape index (κ2) is 3.33. The van der Waals surface area contributed by atoms with Gasteiger partial charge in [0.05, 0.1) is 5.69 Å². The summed E-state index contributed by atoms with van der Waals surface area (Å²) in [5.41, 5.74) is 2.58. The molecule has 2 rings (SSSR count). The molecule has 0 bridgehead atoms. The Morgan fingerprint density at radius 1 is 1.31 bits per heavy atom. The molecule has 0 amide bonds. The van der Waals surface area contributed by atoms with Gasteiger partial charge in [0.1, 0.15) is 0 Å². The molecule has 1 heteroatoms. The number of nitrogens with zero attached hydrogens (tertiary/aromatic N) is 1. The van der Waals surface area contributed by atoms with Gasteiger partial charge < -0.3 is 0 Å². The average molecular weight is 173 g/mol. The predicted octanol–water partition coefficient (Wildman–Crippen LogP) is 3.53. The molecule has 0 unspecified atom stereocenters. The molecule has 1 aliphatic rings. The third-order valence-electron chi connectivity index (χ3n) is 2.73. The molecule has 1 heterocycles. The minimum atomic E-state index is 0.661. The van der Waals surface area contributed by atoms with E-state index in [0.29, 0.717) is 11.8 Å². The molecule has 0 aliphatic carbocycles. The minimum absolute atomic E-state index is 0.661. The van der Waals surface area contributed by atoms with Gasteiger partial charge in [-0.05, 0) is 29.9 Å². The van der Waals surface area contributed by atoms with Crippen molar-refractivity contribution in [2.75, 3.05) is 0 Å². The van der Waals surface area contributed by atoms with E-state index >= 15 is 0 Å². The van der Waals surface area contributed by atoms with Crippen LogP contribution in [0.15, 0.2) is 29.3 Å². The summed E-state index contributed by atoms with van der Waals surface area (Å²) in [6.45, 7) is 4.56. The zero-order valence-corrected chi connectivity index (χ0v) is 8.20.